The van der Waals surface area contributed by atoms with Gasteiger partial charge in [0.05, 0.1) is 11.1 Å². The summed E-state index contributed by atoms with van der Waals surface area (Å²) < 4.78 is 0. The zero-order chi connectivity index (χ0) is 11.2. The summed E-state index contributed by atoms with van der Waals surface area (Å²) in [6.07, 6.45) is 3.05. The lowest BCUT2D eigenvalue weighted by atomic mass is 9.71. The summed E-state index contributed by atoms with van der Waals surface area (Å²) in [6, 6.07) is 9.88. The number of rotatable bonds is 1. The molecule has 3 heteroatoms. The summed E-state index contributed by atoms with van der Waals surface area (Å²) in [4.78, 5) is 4.29. The third-order valence-electron chi connectivity index (χ3n) is 3.35. The molecule has 1 aromatic heterocycles. The van der Waals surface area contributed by atoms with Gasteiger partial charge in [-0.05, 0) is 30.5 Å². The van der Waals surface area contributed by atoms with E-state index in [1.807, 2.05) is 30.3 Å². The Morgan fingerprint density at radius 1 is 1.25 bits per heavy atom. The van der Waals surface area contributed by atoms with Crippen LogP contribution in [0, 0.1) is 0 Å². The molecule has 1 heterocycles. The van der Waals surface area contributed by atoms with Crippen molar-refractivity contribution in [1.82, 2.24) is 4.98 Å². The Labute approximate surface area is 93.9 Å². The lowest BCUT2D eigenvalue weighted by Crippen LogP contribution is -2.49. The van der Waals surface area contributed by atoms with E-state index in [9.17, 15) is 5.11 Å². The Balaban J connectivity index is 2.17. The molecular formula is C13H14N2O. The van der Waals surface area contributed by atoms with Gasteiger partial charge in [0, 0.05) is 17.6 Å². The van der Waals surface area contributed by atoms with Crippen molar-refractivity contribution < 1.29 is 5.11 Å². The van der Waals surface area contributed by atoms with Crippen LogP contribution in [0.1, 0.15) is 18.4 Å². The van der Waals surface area contributed by atoms with Crippen molar-refractivity contribution in [1.29, 1.82) is 0 Å². The number of nitrogens with zero attached hydrogens (tertiary/aromatic N) is 1. The predicted octanol–water partition coefficient (Wildman–Crippen LogP) is 1.54. The Morgan fingerprint density at radius 3 is 2.81 bits per heavy atom. The van der Waals surface area contributed by atoms with E-state index >= 15 is 0 Å². The third-order valence-corrected chi connectivity index (χ3v) is 3.35. The number of nitrogens with two attached hydrogens (primary N) is 1. The summed E-state index contributed by atoms with van der Waals surface area (Å²) >= 11 is 0. The highest BCUT2D eigenvalue weighted by molar-refractivity contribution is 5.83. The van der Waals surface area contributed by atoms with Crippen LogP contribution in [0.15, 0.2) is 36.5 Å². The molecule has 3 nitrogen and oxygen atoms in total. The molecule has 0 amide bonds. The van der Waals surface area contributed by atoms with Gasteiger partial charge >= 0.3 is 0 Å². The van der Waals surface area contributed by atoms with E-state index in [-0.39, 0.29) is 6.04 Å². The molecular weight excluding hydrogens is 200 g/mol. The lowest BCUT2D eigenvalue weighted by molar-refractivity contribution is -0.0510. The van der Waals surface area contributed by atoms with E-state index in [2.05, 4.69) is 4.98 Å². The monoisotopic (exact) mass is 214 g/mol. The summed E-state index contributed by atoms with van der Waals surface area (Å²) in [6.45, 7) is 0. The van der Waals surface area contributed by atoms with Crippen molar-refractivity contribution >= 4 is 10.9 Å². The Kier molecular flexibility index (Phi) is 1.99. The summed E-state index contributed by atoms with van der Waals surface area (Å²) in [5, 5.41) is 11.5. The van der Waals surface area contributed by atoms with Crippen LogP contribution in [0.5, 0.6) is 0 Å². The maximum absolute atomic E-state index is 10.4. The minimum Gasteiger partial charge on any atom is -0.385 e. The van der Waals surface area contributed by atoms with Crippen molar-refractivity contribution in [2.24, 2.45) is 5.73 Å². The number of pyridine rings is 1. The van der Waals surface area contributed by atoms with Crippen LogP contribution in [0.3, 0.4) is 0 Å². The molecule has 1 fully saturated rings. The largest absolute Gasteiger partial charge is 0.385 e. The van der Waals surface area contributed by atoms with E-state index in [1.54, 1.807) is 6.20 Å². The minimum atomic E-state index is -0.748. The average Bonchev–Trinajstić information content (AvgIpc) is 2.26. The zero-order valence-electron chi connectivity index (χ0n) is 8.93. The van der Waals surface area contributed by atoms with Crippen molar-refractivity contribution in [3.8, 4) is 0 Å². The van der Waals surface area contributed by atoms with Crippen LogP contribution >= 0.6 is 0 Å². The smallest absolute Gasteiger partial charge is 0.0932 e. The molecule has 1 aliphatic carbocycles. The van der Waals surface area contributed by atoms with Gasteiger partial charge in [-0.15, -0.1) is 0 Å². The average molecular weight is 214 g/mol. The van der Waals surface area contributed by atoms with Gasteiger partial charge in [-0.1, -0.05) is 18.2 Å². The van der Waals surface area contributed by atoms with E-state index < -0.39 is 5.60 Å². The summed E-state index contributed by atoms with van der Waals surface area (Å²) in [5.74, 6) is 0. The van der Waals surface area contributed by atoms with Crippen LogP contribution in [-0.2, 0) is 5.60 Å². The highest BCUT2D eigenvalue weighted by Crippen LogP contribution is 2.42. The maximum atomic E-state index is 10.4. The maximum Gasteiger partial charge on any atom is 0.0932 e. The van der Waals surface area contributed by atoms with Gasteiger partial charge in [-0.25, -0.2) is 0 Å². The first-order valence-electron chi connectivity index (χ1n) is 5.51. The fraction of sp³-hybridized carbons (Fsp3) is 0.308. The Bertz CT molecular complexity index is 527. The van der Waals surface area contributed by atoms with Gasteiger partial charge in [-0.2, -0.15) is 0 Å². The van der Waals surface area contributed by atoms with E-state index in [0.717, 1.165) is 16.5 Å². The molecule has 0 bridgehead atoms. The van der Waals surface area contributed by atoms with Gasteiger partial charge in [0.2, 0.25) is 0 Å². The van der Waals surface area contributed by atoms with Crippen molar-refractivity contribution in [3.05, 3.63) is 42.1 Å². The van der Waals surface area contributed by atoms with E-state index in [1.165, 1.54) is 0 Å². The first-order chi connectivity index (χ1) is 7.69. The number of aliphatic hydroxyl groups is 1. The second kappa shape index (κ2) is 3.27. The molecule has 3 N–H and O–H groups in total. The Hall–Kier alpha value is -1.45. The number of hydrogen-bond donors (Lipinski definition) is 2. The zero-order valence-corrected chi connectivity index (χ0v) is 8.93. The molecule has 0 aliphatic heterocycles. The van der Waals surface area contributed by atoms with Gasteiger partial charge < -0.3 is 10.8 Å². The van der Waals surface area contributed by atoms with Crippen molar-refractivity contribution in [3.63, 3.8) is 0 Å². The van der Waals surface area contributed by atoms with Gasteiger partial charge in [0.25, 0.3) is 0 Å². The second-order valence-corrected chi connectivity index (χ2v) is 4.58. The van der Waals surface area contributed by atoms with Crippen LogP contribution in [-0.4, -0.2) is 16.1 Å². The summed E-state index contributed by atoms with van der Waals surface area (Å²) in [7, 11) is 0. The number of aromatic nitrogens is 1. The predicted molar refractivity (Wildman–Crippen MR) is 62.8 cm³/mol. The van der Waals surface area contributed by atoms with Gasteiger partial charge in [0.1, 0.15) is 0 Å². The highest BCUT2D eigenvalue weighted by atomic mass is 16.3. The molecule has 0 saturated heterocycles. The molecule has 0 spiro atoms. The highest BCUT2D eigenvalue weighted by Gasteiger charge is 2.42. The summed E-state index contributed by atoms with van der Waals surface area (Å²) in [5.41, 5.74) is 6.89. The third kappa shape index (κ3) is 1.32. The molecule has 1 aliphatic rings. The molecule has 1 saturated carbocycles. The molecule has 1 aromatic carbocycles. The van der Waals surface area contributed by atoms with E-state index in [0.29, 0.717) is 12.8 Å². The first-order valence-corrected chi connectivity index (χ1v) is 5.51. The van der Waals surface area contributed by atoms with E-state index in [4.69, 9.17) is 5.73 Å². The molecule has 0 radical (unpaired) electrons. The first kappa shape index (κ1) is 9.75. The van der Waals surface area contributed by atoms with Crippen molar-refractivity contribution in [2.75, 3.05) is 0 Å². The molecule has 82 valence electrons. The van der Waals surface area contributed by atoms with Gasteiger partial charge in [-0.3, -0.25) is 4.98 Å². The molecule has 2 aromatic rings. The van der Waals surface area contributed by atoms with Crippen LogP contribution in [0.4, 0.5) is 0 Å². The molecule has 16 heavy (non-hydrogen) atoms. The van der Waals surface area contributed by atoms with Gasteiger partial charge in [0.15, 0.2) is 0 Å². The topological polar surface area (TPSA) is 59.1 Å². The van der Waals surface area contributed by atoms with Crippen LogP contribution in [0.25, 0.3) is 10.9 Å². The molecule has 0 unspecified atom stereocenters. The SMILES string of the molecule is NC1CC(O)(c2cccc3ncccc23)C1. The molecule has 3 rings (SSSR count). The second-order valence-electron chi connectivity index (χ2n) is 4.58. The number of benzene rings is 1. The Morgan fingerprint density at radius 2 is 2.06 bits per heavy atom. The standard InChI is InChI=1S/C13H14N2O/c14-9-7-13(16,8-9)11-4-1-5-12-10(11)3-2-6-15-12/h1-6,9,16H,7-8,14H2. The van der Waals surface area contributed by atoms with Crippen LogP contribution in [0.2, 0.25) is 0 Å². The fourth-order valence-corrected chi connectivity index (χ4v) is 2.54. The van der Waals surface area contributed by atoms with Crippen molar-refractivity contribution in [2.45, 2.75) is 24.5 Å². The normalized spacial score (nSPS) is 29.0. The lowest BCUT2D eigenvalue weighted by Gasteiger charge is -2.42. The number of fused-ring (bicyclic) bond motifs is 1. The molecule has 0 atom stereocenters. The quantitative estimate of drug-likeness (QED) is 0.757. The number of hydrogen-bond acceptors (Lipinski definition) is 3. The minimum absolute atomic E-state index is 0.122. The van der Waals surface area contributed by atoms with Crippen LogP contribution < -0.4 is 5.73 Å². The fourth-order valence-electron chi connectivity index (χ4n) is 2.54.